The maximum absolute atomic E-state index is 13.0. The molecule has 3 nitrogen and oxygen atoms in total. The number of hydrogen-bond donors (Lipinski definition) is 2. The van der Waals surface area contributed by atoms with Gasteiger partial charge in [0.05, 0.1) is 0 Å². The van der Waals surface area contributed by atoms with Crippen LogP contribution in [-0.2, 0) is 0 Å². The van der Waals surface area contributed by atoms with Crippen molar-refractivity contribution >= 4 is 5.91 Å². The Balaban J connectivity index is 2.99. The molecule has 0 aromatic heterocycles. The Labute approximate surface area is 103 Å². The van der Waals surface area contributed by atoms with Gasteiger partial charge in [0.15, 0.2) is 17.5 Å². The van der Waals surface area contributed by atoms with Crippen LogP contribution in [0.2, 0.25) is 0 Å². The molecule has 100 valence electrons. The first-order chi connectivity index (χ1) is 8.15. The van der Waals surface area contributed by atoms with Crippen molar-refractivity contribution in [3.63, 3.8) is 0 Å². The van der Waals surface area contributed by atoms with E-state index in [1.165, 1.54) is 0 Å². The minimum absolute atomic E-state index is 0.292. The lowest BCUT2D eigenvalue weighted by molar-refractivity contribution is 0.0902. The monoisotopic (exact) mass is 260 g/mol. The van der Waals surface area contributed by atoms with E-state index in [1.807, 2.05) is 0 Å². The molecule has 1 amide bonds. The molecule has 0 spiro atoms. The van der Waals surface area contributed by atoms with E-state index in [0.717, 1.165) is 0 Å². The Morgan fingerprint density at radius 2 is 1.72 bits per heavy atom. The maximum Gasteiger partial charge on any atom is 0.251 e. The average molecular weight is 260 g/mol. The molecule has 0 aliphatic carbocycles. The molecule has 0 saturated carbocycles. The summed E-state index contributed by atoms with van der Waals surface area (Å²) in [4.78, 5) is 11.8. The Kier molecular flexibility index (Phi) is 4.01. The van der Waals surface area contributed by atoms with E-state index in [1.54, 1.807) is 20.8 Å². The van der Waals surface area contributed by atoms with Gasteiger partial charge in [0, 0.05) is 17.1 Å². The van der Waals surface area contributed by atoms with Crippen LogP contribution in [0, 0.1) is 17.5 Å². The molecule has 0 fully saturated rings. The number of hydrogen-bond acceptors (Lipinski definition) is 2. The molecule has 1 rings (SSSR count). The van der Waals surface area contributed by atoms with Crippen LogP contribution >= 0.6 is 0 Å². The predicted molar refractivity (Wildman–Crippen MR) is 61.5 cm³/mol. The highest BCUT2D eigenvalue weighted by atomic mass is 19.2. The van der Waals surface area contributed by atoms with E-state index in [9.17, 15) is 18.0 Å². The van der Waals surface area contributed by atoms with Gasteiger partial charge in [0.25, 0.3) is 5.91 Å². The van der Waals surface area contributed by atoms with Crippen LogP contribution in [0.5, 0.6) is 0 Å². The number of carbonyl (C=O) groups is 1. The van der Waals surface area contributed by atoms with E-state index in [2.05, 4.69) is 5.32 Å². The van der Waals surface area contributed by atoms with Gasteiger partial charge in [-0.05, 0) is 32.9 Å². The van der Waals surface area contributed by atoms with Gasteiger partial charge < -0.3 is 11.1 Å². The van der Waals surface area contributed by atoms with Gasteiger partial charge in [-0.25, -0.2) is 13.2 Å². The number of benzene rings is 1. The third kappa shape index (κ3) is 3.01. The van der Waals surface area contributed by atoms with E-state index >= 15 is 0 Å². The van der Waals surface area contributed by atoms with Gasteiger partial charge >= 0.3 is 0 Å². The summed E-state index contributed by atoms with van der Waals surface area (Å²) in [5, 5.41) is 2.53. The lowest BCUT2D eigenvalue weighted by Gasteiger charge is -2.30. The summed E-state index contributed by atoms with van der Waals surface area (Å²) in [7, 11) is 0. The zero-order valence-corrected chi connectivity index (χ0v) is 10.4. The molecular weight excluding hydrogens is 245 g/mol. The third-order valence-corrected chi connectivity index (χ3v) is 2.82. The SMILES string of the molecule is CC(N)C(C)(C)NC(=O)c1cc(F)c(F)c(F)c1. The molecule has 0 aliphatic rings. The lowest BCUT2D eigenvalue weighted by Crippen LogP contribution is -2.54. The van der Waals surface area contributed by atoms with Gasteiger partial charge in [-0.15, -0.1) is 0 Å². The molecule has 6 heteroatoms. The van der Waals surface area contributed by atoms with Gasteiger partial charge in [-0.1, -0.05) is 0 Å². The molecule has 3 N–H and O–H groups in total. The molecule has 0 aliphatic heterocycles. The van der Waals surface area contributed by atoms with Crippen LogP contribution in [-0.4, -0.2) is 17.5 Å². The molecule has 1 unspecified atom stereocenters. The number of halogens is 3. The van der Waals surface area contributed by atoms with Crippen molar-refractivity contribution in [2.75, 3.05) is 0 Å². The number of rotatable bonds is 3. The summed E-state index contributed by atoms with van der Waals surface area (Å²) in [6, 6.07) is 0.923. The topological polar surface area (TPSA) is 55.1 Å². The van der Waals surface area contributed by atoms with E-state index in [4.69, 9.17) is 5.73 Å². The van der Waals surface area contributed by atoms with Crippen molar-refractivity contribution in [3.8, 4) is 0 Å². The molecular formula is C12H15F3N2O. The molecule has 0 heterocycles. The fourth-order valence-corrected chi connectivity index (χ4v) is 1.17. The first-order valence-corrected chi connectivity index (χ1v) is 5.38. The summed E-state index contributed by atoms with van der Waals surface area (Å²) in [5.74, 6) is -5.12. The first kappa shape index (κ1) is 14.5. The molecule has 0 radical (unpaired) electrons. The van der Waals surface area contributed by atoms with Crippen LogP contribution in [0.4, 0.5) is 13.2 Å². The number of nitrogens with one attached hydrogen (secondary N) is 1. The van der Waals surface area contributed by atoms with Gasteiger partial charge in [0.1, 0.15) is 0 Å². The summed E-state index contributed by atoms with van der Waals surface area (Å²) >= 11 is 0. The highest BCUT2D eigenvalue weighted by molar-refractivity contribution is 5.94. The number of amides is 1. The van der Waals surface area contributed by atoms with Crippen molar-refractivity contribution in [2.24, 2.45) is 5.73 Å². The smallest absolute Gasteiger partial charge is 0.251 e. The zero-order valence-electron chi connectivity index (χ0n) is 10.4. The molecule has 0 bridgehead atoms. The normalized spacial score (nSPS) is 13.3. The summed E-state index contributed by atoms with van der Waals surface area (Å²) in [5.41, 5.74) is 4.61. The first-order valence-electron chi connectivity index (χ1n) is 5.38. The second kappa shape index (κ2) is 4.97. The molecule has 1 aromatic carbocycles. The van der Waals surface area contributed by atoms with E-state index in [-0.39, 0.29) is 11.6 Å². The van der Waals surface area contributed by atoms with Gasteiger partial charge in [-0.3, -0.25) is 4.79 Å². The highest BCUT2D eigenvalue weighted by Gasteiger charge is 2.26. The summed E-state index contributed by atoms with van der Waals surface area (Å²) in [6.07, 6.45) is 0. The van der Waals surface area contributed by atoms with Crippen molar-refractivity contribution < 1.29 is 18.0 Å². The predicted octanol–water partition coefficient (Wildman–Crippen LogP) is 1.96. The van der Waals surface area contributed by atoms with Crippen LogP contribution in [0.25, 0.3) is 0 Å². The Morgan fingerprint density at radius 3 is 2.11 bits per heavy atom. The average Bonchev–Trinajstić information content (AvgIpc) is 2.24. The Bertz CT molecular complexity index is 449. The van der Waals surface area contributed by atoms with Gasteiger partial charge in [0.2, 0.25) is 0 Å². The minimum atomic E-state index is -1.60. The fraction of sp³-hybridized carbons (Fsp3) is 0.417. The van der Waals surface area contributed by atoms with Crippen molar-refractivity contribution in [3.05, 3.63) is 35.1 Å². The Hall–Kier alpha value is -1.56. The number of nitrogens with two attached hydrogens (primary N) is 1. The number of carbonyl (C=O) groups excluding carboxylic acids is 1. The second-order valence-electron chi connectivity index (χ2n) is 4.72. The highest BCUT2D eigenvalue weighted by Crippen LogP contribution is 2.15. The third-order valence-electron chi connectivity index (χ3n) is 2.82. The standard InChI is InChI=1S/C12H15F3N2O/c1-6(16)12(2,3)17-11(18)7-4-8(13)10(15)9(14)5-7/h4-6H,16H2,1-3H3,(H,17,18). The van der Waals surface area contributed by atoms with Crippen molar-refractivity contribution in [2.45, 2.75) is 32.4 Å². The lowest BCUT2D eigenvalue weighted by atomic mass is 9.96. The van der Waals surface area contributed by atoms with Crippen LogP contribution < -0.4 is 11.1 Å². The molecule has 1 aromatic rings. The fourth-order valence-electron chi connectivity index (χ4n) is 1.17. The molecule has 0 saturated heterocycles. The van der Waals surface area contributed by atoms with Crippen LogP contribution in [0.15, 0.2) is 12.1 Å². The summed E-state index contributed by atoms with van der Waals surface area (Å²) < 4.78 is 38.7. The molecule has 1 atom stereocenters. The quantitative estimate of drug-likeness (QED) is 0.816. The van der Waals surface area contributed by atoms with Crippen LogP contribution in [0.3, 0.4) is 0 Å². The van der Waals surface area contributed by atoms with E-state index in [0.29, 0.717) is 12.1 Å². The molecule has 18 heavy (non-hydrogen) atoms. The van der Waals surface area contributed by atoms with Crippen LogP contribution in [0.1, 0.15) is 31.1 Å². The zero-order chi connectivity index (χ0) is 14.1. The largest absolute Gasteiger partial charge is 0.346 e. The van der Waals surface area contributed by atoms with Crippen molar-refractivity contribution in [1.82, 2.24) is 5.32 Å². The summed E-state index contributed by atoms with van der Waals surface area (Å²) in [6.45, 7) is 5.03. The van der Waals surface area contributed by atoms with E-state index < -0.39 is 28.9 Å². The maximum atomic E-state index is 13.0. The minimum Gasteiger partial charge on any atom is -0.346 e. The van der Waals surface area contributed by atoms with Gasteiger partial charge in [-0.2, -0.15) is 0 Å². The Morgan fingerprint density at radius 1 is 1.28 bits per heavy atom. The second-order valence-corrected chi connectivity index (χ2v) is 4.72. The van der Waals surface area contributed by atoms with Crippen molar-refractivity contribution in [1.29, 1.82) is 0 Å².